The highest BCUT2D eigenvalue weighted by atomic mass is 32.2. The third kappa shape index (κ3) is 7.21. The molecule has 0 unspecified atom stereocenters. The molecule has 0 bridgehead atoms. The van der Waals surface area contributed by atoms with Crippen LogP contribution in [0.1, 0.15) is 6.92 Å². The van der Waals surface area contributed by atoms with Crippen molar-refractivity contribution in [2.24, 2.45) is 0 Å². The minimum atomic E-state index is -0.306. The maximum Gasteiger partial charge on any atom is 0.315 e. The summed E-state index contributed by atoms with van der Waals surface area (Å²) in [6.45, 7) is 2.83. The number of hydrogen-bond acceptors (Lipinski definition) is 6. The molecule has 0 atom stereocenters. The number of nitrogens with one attached hydrogen (secondary N) is 1. The molecule has 6 nitrogen and oxygen atoms in total. The Labute approximate surface area is 134 Å². The van der Waals surface area contributed by atoms with Gasteiger partial charge in [-0.1, -0.05) is 12.1 Å². The Balaban J connectivity index is 2.13. The number of para-hydroxylation sites is 2. The number of ether oxygens (including phenoxy) is 3. The van der Waals surface area contributed by atoms with Gasteiger partial charge in [0.25, 0.3) is 0 Å². The molecule has 0 spiro atoms. The van der Waals surface area contributed by atoms with E-state index in [0.717, 1.165) is 0 Å². The number of rotatable bonds is 10. The zero-order valence-electron chi connectivity index (χ0n) is 12.8. The van der Waals surface area contributed by atoms with Crippen molar-refractivity contribution in [3.05, 3.63) is 24.3 Å². The quantitative estimate of drug-likeness (QED) is 0.518. The van der Waals surface area contributed by atoms with E-state index in [2.05, 4.69) is 5.32 Å². The smallest absolute Gasteiger partial charge is 0.315 e. The van der Waals surface area contributed by atoms with E-state index in [1.54, 1.807) is 26.2 Å². The second kappa shape index (κ2) is 10.8. The van der Waals surface area contributed by atoms with Crippen molar-refractivity contribution in [1.82, 2.24) is 5.32 Å². The third-order valence-corrected chi connectivity index (χ3v) is 3.42. The van der Waals surface area contributed by atoms with Crippen LogP contribution in [0.15, 0.2) is 24.3 Å². The number of benzene rings is 1. The first-order chi connectivity index (χ1) is 10.7. The zero-order chi connectivity index (χ0) is 16.2. The van der Waals surface area contributed by atoms with E-state index >= 15 is 0 Å². The first-order valence-corrected chi connectivity index (χ1v) is 8.08. The Morgan fingerprint density at radius 1 is 1.18 bits per heavy atom. The fraction of sp³-hybridized carbons (Fsp3) is 0.467. The molecule has 0 aliphatic heterocycles. The lowest BCUT2D eigenvalue weighted by Crippen LogP contribution is -2.29. The van der Waals surface area contributed by atoms with Crippen LogP contribution in [0, 0.1) is 0 Å². The Bertz CT molecular complexity index is 481. The van der Waals surface area contributed by atoms with Gasteiger partial charge in [-0.05, 0) is 19.1 Å². The van der Waals surface area contributed by atoms with Crippen molar-refractivity contribution in [2.75, 3.05) is 38.4 Å². The second-order valence-electron chi connectivity index (χ2n) is 4.15. The number of carbonyl (C=O) groups excluding carboxylic acids is 2. The number of methoxy groups -OCH3 is 1. The fourth-order valence-corrected chi connectivity index (χ4v) is 2.21. The lowest BCUT2D eigenvalue weighted by Gasteiger charge is -2.10. The Morgan fingerprint density at radius 3 is 2.59 bits per heavy atom. The Hall–Kier alpha value is -1.89. The minimum absolute atomic E-state index is 0.141. The normalized spacial score (nSPS) is 9.91. The minimum Gasteiger partial charge on any atom is -0.493 e. The molecule has 1 N–H and O–H groups in total. The van der Waals surface area contributed by atoms with Crippen LogP contribution in [-0.2, 0) is 14.3 Å². The molecule has 1 aromatic carbocycles. The maximum absolute atomic E-state index is 11.6. The van der Waals surface area contributed by atoms with E-state index in [1.165, 1.54) is 11.8 Å². The fourth-order valence-electron chi connectivity index (χ4n) is 1.57. The van der Waals surface area contributed by atoms with Crippen molar-refractivity contribution in [3.63, 3.8) is 0 Å². The summed E-state index contributed by atoms with van der Waals surface area (Å²) in [5, 5.41) is 2.72. The summed E-state index contributed by atoms with van der Waals surface area (Å²) < 4.78 is 15.5. The number of amides is 1. The summed E-state index contributed by atoms with van der Waals surface area (Å²) in [7, 11) is 1.57. The van der Waals surface area contributed by atoms with Gasteiger partial charge in [0.15, 0.2) is 11.5 Å². The largest absolute Gasteiger partial charge is 0.493 e. The predicted octanol–water partition coefficient (Wildman–Crippen LogP) is 1.49. The molecule has 1 rings (SSSR count). The first kappa shape index (κ1) is 18.2. The summed E-state index contributed by atoms with van der Waals surface area (Å²) in [5.74, 6) is 1.24. The molecule has 0 aliphatic rings. The van der Waals surface area contributed by atoms with E-state index < -0.39 is 0 Å². The van der Waals surface area contributed by atoms with Gasteiger partial charge in [-0.3, -0.25) is 9.59 Å². The van der Waals surface area contributed by atoms with Crippen LogP contribution in [0.2, 0.25) is 0 Å². The molecule has 1 aromatic rings. The molecule has 0 radical (unpaired) electrons. The highest BCUT2D eigenvalue weighted by Gasteiger charge is 2.06. The molecule has 0 aromatic heterocycles. The van der Waals surface area contributed by atoms with Gasteiger partial charge in [0.05, 0.1) is 31.8 Å². The number of esters is 1. The summed E-state index contributed by atoms with van der Waals surface area (Å²) in [6, 6.07) is 7.31. The number of hydrogen-bond donors (Lipinski definition) is 1. The van der Waals surface area contributed by atoms with Crippen LogP contribution in [0.25, 0.3) is 0 Å². The second-order valence-corrected chi connectivity index (χ2v) is 5.13. The highest BCUT2D eigenvalue weighted by Crippen LogP contribution is 2.25. The molecular weight excluding hydrogens is 306 g/mol. The highest BCUT2D eigenvalue weighted by molar-refractivity contribution is 8.00. The maximum atomic E-state index is 11.6. The molecule has 0 fully saturated rings. The lowest BCUT2D eigenvalue weighted by atomic mass is 10.3. The van der Waals surface area contributed by atoms with E-state index in [1.807, 2.05) is 12.1 Å². The van der Waals surface area contributed by atoms with Crippen molar-refractivity contribution in [1.29, 1.82) is 0 Å². The third-order valence-electron chi connectivity index (χ3n) is 2.51. The first-order valence-electron chi connectivity index (χ1n) is 6.93. The van der Waals surface area contributed by atoms with Crippen LogP contribution in [-0.4, -0.2) is 50.3 Å². The van der Waals surface area contributed by atoms with Crippen molar-refractivity contribution in [3.8, 4) is 11.5 Å². The molecular formula is C15H21NO5S. The van der Waals surface area contributed by atoms with Crippen LogP contribution in [0.3, 0.4) is 0 Å². The van der Waals surface area contributed by atoms with Crippen LogP contribution >= 0.6 is 11.8 Å². The molecule has 1 amide bonds. The van der Waals surface area contributed by atoms with E-state index in [-0.39, 0.29) is 23.4 Å². The molecule has 122 valence electrons. The van der Waals surface area contributed by atoms with Gasteiger partial charge in [0.1, 0.15) is 6.61 Å². The monoisotopic (exact) mass is 327 g/mol. The van der Waals surface area contributed by atoms with Crippen LogP contribution in [0.5, 0.6) is 11.5 Å². The molecule has 0 saturated carbocycles. The van der Waals surface area contributed by atoms with Crippen LogP contribution in [0.4, 0.5) is 0 Å². The topological polar surface area (TPSA) is 73.9 Å². The van der Waals surface area contributed by atoms with Gasteiger partial charge < -0.3 is 19.5 Å². The molecule has 7 heteroatoms. The average Bonchev–Trinajstić information content (AvgIpc) is 2.52. The molecule has 0 aliphatic carbocycles. The van der Waals surface area contributed by atoms with E-state index in [0.29, 0.717) is 31.3 Å². The van der Waals surface area contributed by atoms with Crippen molar-refractivity contribution in [2.45, 2.75) is 6.92 Å². The Kier molecular flexibility index (Phi) is 8.90. The van der Waals surface area contributed by atoms with E-state index in [4.69, 9.17) is 14.2 Å². The van der Waals surface area contributed by atoms with Crippen molar-refractivity contribution >= 4 is 23.6 Å². The summed E-state index contributed by atoms with van der Waals surface area (Å²) in [6.07, 6.45) is 0. The average molecular weight is 327 g/mol. The number of thioether (sulfide) groups is 1. The lowest BCUT2D eigenvalue weighted by molar-refractivity contribution is -0.139. The standard InChI is InChI=1S/C15H21NO5S/c1-3-20-15(18)11-22-10-14(17)16-8-9-21-13-7-5-4-6-12(13)19-2/h4-7H,3,8-11H2,1-2H3,(H,16,17). The molecule has 0 heterocycles. The molecule has 0 saturated heterocycles. The van der Waals surface area contributed by atoms with Gasteiger partial charge in [-0.15, -0.1) is 11.8 Å². The van der Waals surface area contributed by atoms with Crippen molar-refractivity contribution < 1.29 is 23.8 Å². The van der Waals surface area contributed by atoms with Gasteiger partial charge in [0.2, 0.25) is 5.91 Å². The van der Waals surface area contributed by atoms with Gasteiger partial charge in [-0.25, -0.2) is 0 Å². The van der Waals surface area contributed by atoms with Gasteiger partial charge >= 0.3 is 5.97 Å². The van der Waals surface area contributed by atoms with Crippen LogP contribution < -0.4 is 14.8 Å². The number of carbonyl (C=O) groups is 2. The van der Waals surface area contributed by atoms with Gasteiger partial charge in [-0.2, -0.15) is 0 Å². The predicted molar refractivity (Wildman–Crippen MR) is 85.5 cm³/mol. The summed E-state index contributed by atoms with van der Waals surface area (Å²) in [4.78, 5) is 22.6. The molecule has 22 heavy (non-hydrogen) atoms. The Morgan fingerprint density at radius 2 is 1.91 bits per heavy atom. The summed E-state index contributed by atoms with van der Waals surface area (Å²) >= 11 is 1.22. The summed E-state index contributed by atoms with van der Waals surface area (Å²) in [5.41, 5.74) is 0. The van der Waals surface area contributed by atoms with E-state index in [9.17, 15) is 9.59 Å². The zero-order valence-corrected chi connectivity index (χ0v) is 13.6. The van der Waals surface area contributed by atoms with Gasteiger partial charge in [0, 0.05) is 0 Å². The SMILES string of the molecule is CCOC(=O)CSCC(=O)NCCOc1ccccc1OC.